The second kappa shape index (κ2) is 8.03. The van der Waals surface area contributed by atoms with Gasteiger partial charge in [-0.2, -0.15) is 0 Å². The molecule has 1 saturated carbocycles. The number of benzene rings is 1. The molecule has 1 N–H and O–H groups in total. The maximum Gasteiger partial charge on any atom is 0.326 e. The molecule has 0 heterocycles. The third-order valence-corrected chi connectivity index (χ3v) is 3.46. The fourth-order valence-electron chi connectivity index (χ4n) is 2.18. The van der Waals surface area contributed by atoms with Gasteiger partial charge in [0.05, 0.1) is 6.61 Å². The second-order valence-electron chi connectivity index (χ2n) is 5.45. The van der Waals surface area contributed by atoms with E-state index in [1.807, 2.05) is 19.1 Å². The van der Waals surface area contributed by atoms with E-state index in [-0.39, 0.29) is 12.0 Å². The number of esters is 1. The summed E-state index contributed by atoms with van der Waals surface area (Å²) >= 11 is 0. The van der Waals surface area contributed by atoms with Gasteiger partial charge in [0, 0.05) is 6.04 Å². The van der Waals surface area contributed by atoms with Crippen LogP contribution in [-0.4, -0.2) is 31.3 Å². The molecule has 4 nitrogen and oxygen atoms in total. The molecule has 1 aromatic rings. The van der Waals surface area contributed by atoms with Gasteiger partial charge in [-0.05, 0) is 43.9 Å². The average molecular weight is 291 g/mol. The van der Waals surface area contributed by atoms with Crippen LogP contribution in [0.25, 0.3) is 0 Å². The zero-order valence-electron chi connectivity index (χ0n) is 12.9. The maximum atomic E-state index is 11.9. The van der Waals surface area contributed by atoms with Crippen LogP contribution in [0.1, 0.15) is 38.7 Å². The van der Waals surface area contributed by atoms with E-state index in [0.29, 0.717) is 19.3 Å². The highest BCUT2D eigenvalue weighted by Gasteiger charge is 2.29. The quantitative estimate of drug-likeness (QED) is 0.711. The Kier molecular flexibility index (Phi) is 6.05. The monoisotopic (exact) mass is 291 g/mol. The van der Waals surface area contributed by atoms with Crippen LogP contribution in [-0.2, 0) is 16.0 Å². The van der Waals surface area contributed by atoms with Gasteiger partial charge in [0.15, 0.2) is 0 Å². The van der Waals surface area contributed by atoms with E-state index in [9.17, 15) is 4.79 Å². The molecule has 0 aromatic heterocycles. The number of aryl methyl sites for hydroxylation is 1. The van der Waals surface area contributed by atoms with Gasteiger partial charge in [-0.3, -0.25) is 10.1 Å². The Bertz CT molecular complexity index is 440. The van der Waals surface area contributed by atoms with E-state index in [0.717, 1.165) is 31.4 Å². The smallest absolute Gasteiger partial charge is 0.326 e. The minimum absolute atomic E-state index is 0.230. The summed E-state index contributed by atoms with van der Waals surface area (Å²) < 4.78 is 10.8. The fourth-order valence-corrected chi connectivity index (χ4v) is 2.18. The van der Waals surface area contributed by atoms with Gasteiger partial charge in [-0.25, -0.2) is 0 Å². The molecule has 0 amide bonds. The van der Waals surface area contributed by atoms with Crippen LogP contribution >= 0.6 is 0 Å². The molecular weight excluding hydrogens is 266 g/mol. The largest absolute Gasteiger partial charge is 0.491 e. The van der Waals surface area contributed by atoms with Crippen LogP contribution < -0.4 is 10.1 Å². The fraction of sp³-hybridized carbons (Fsp3) is 0.588. The van der Waals surface area contributed by atoms with Crippen LogP contribution in [0.2, 0.25) is 0 Å². The maximum absolute atomic E-state index is 11.9. The van der Waals surface area contributed by atoms with Gasteiger partial charge in [0.2, 0.25) is 0 Å². The Morgan fingerprint density at radius 3 is 2.57 bits per heavy atom. The molecule has 1 atom stereocenters. The van der Waals surface area contributed by atoms with E-state index in [4.69, 9.17) is 9.47 Å². The van der Waals surface area contributed by atoms with Crippen molar-refractivity contribution in [3.63, 3.8) is 0 Å². The van der Waals surface area contributed by atoms with E-state index < -0.39 is 0 Å². The van der Waals surface area contributed by atoms with Gasteiger partial charge < -0.3 is 9.47 Å². The lowest BCUT2D eigenvalue weighted by molar-refractivity contribution is -0.146. The van der Waals surface area contributed by atoms with Crippen molar-refractivity contribution in [3.05, 3.63) is 29.8 Å². The van der Waals surface area contributed by atoms with Gasteiger partial charge >= 0.3 is 5.97 Å². The van der Waals surface area contributed by atoms with E-state index >= 15 is 0 Å². The van der Waals surface area contributed by atoms with Crippen LogP contribution in [0, 0.1) is 0 Å². The number of hydrogen-bond donors (Lipinski definition) is 1. The van der Waals surface area contributed by atoms with Crippen molar-refractivity contribution >= 4 is 5.97 Å². The third-order valence-electron chi connectivity index (χ3n) is 3.46. The molecule has 0 radical (unpaired) electrons. The van der Waals surface area contributed by atoms with Crippen LogP contribution in [0.15, 0.2) is 24.3 Å². The molecule has 1 aliphatic carbocycles. The molecule has 21 heavy (non-hydrogen) atoms. The molecule has 1 fully saturated rings. The molecule has 4 heteroatoms. The summed E-state index contributed by atoms with van der Waals surface area (Å²) in [6.45, 7) is 4.69. The summed E-state index contributed by atoms with van der Waals surface area (Å²) in [5.74, 6) is 0.564. The Balaban J connectivity index is 1.85. The van der Waals surface area contributed by atoms with Crippen LogP contribution in [0.4, 0.5) is 0 Å². The lowest BCUT2D eigenvalue weighted by atomic mass is 10.1. The molecule has 0 saturated heterocycles. The highest BCUT2D eigenvalue weighted by Crippen LogP contribution is 2.20. The third kappa shape index (κ3) is 5.38. The Morgan fingerprint density at radius 2 is 2.00 bits per heavy atom. The van der Waals surface area contributed by atoms with Gasteiger partial charge in [-0.1, -0.05) is 25.5 Å². The van der Waals surface area contributed by atoms with E-state index in [2.05, 4.69) is 24.4 Å². The second-order valence-corrected chi connectivity index (χ2v) is 5.45. The van der Waals surface area contributed by atoms with Crippen molar-refractivity contribution in [1.29, 1.82) is 0 Å². The van der Waals surface area contributed by atoms with Crippen molar-refractivity contribution in [3.8, 4) is 5.75 Å². The van der Waals surface area contributed by atoms with Crippen molar-refractivity contribution < 1.29 is 14.3 Å². The minimum Gasteiger partial charge on any atom is -0.491 e. The molecule has 0 aliphatic heterocycles. The molecule has 1 aliphatic rings. The summed E-state index contributed by atoms with van der Waals surface area (Å²) in [4.78, 5) is 11.9. The molecule has 116 valence electrons. The molecule has 1 aromatic carbocycles. The number of ether oxygens (including phenoxy) is 2. The number of nitrogens with one attached hydrogen (secondary N) is 1. The Morgan fingerprint density at radius 1 is 1.29 bits per heavy atom. The molecule has 2 rings (SSSR count). The summed E-state index contributed by atoms with van der Waals surface area (Å²) in [6.07, 6.45) is 4.47. The van der Waals surface area contributed by atoms with Gasteiger partial charge in [-0.15, -0.1) is 0 Å². The first-order valence-corrected chi connectivity index (χ1v) is 7.87. The van der Waals surface area contributed by atoms with Gasteiger partial charge in [0.25, 0.3) is 0 Å². The van der Waals surface area contributed by atoms with Crippen molar-refractivity contribution in [2.24, 2.45) is 0 Å². The number of rotatable bonds is 9. The van der Waals surface area contributed by atoms with Gasteiger partial charge in [0.1, 0.15) is 18.4 Å². The average Bonchev–Trinajstić information content (AvgIpc) is 3.29. The topological polar surface area (TPSA) is 47.6 Å². The molecule has 1 unspecified atom stereocenters. The van der Waals surface area contributed by atoms with E-state index in [1.165, 1.54) is 5.56 Å². The molecular formula is C17H25NO3. The van der Waals surface area contributed by atoms with Crippen molar-refractivity contribution in [2.45, 2.75) is 51.6 Å². The van der Waals surface area contributed by atoms with E-state index in [1.54, 1.807) is 0 Å². The summed E-state index contributed by atoms with van der Waals surface area (Å²) in [5, 5.41) is 3.28. The lowest BCUT2D eigenvalue weighted by Crippen LogP contribution is -2.43. The summed E-state index contributed by atoms with van der Waals surface area (Å²) in [6, 6.07) is 8.14. The first-order chi connectivity index (χ1) is 10.2. The number of carbonyl (C=O) groups is 1. The summed E-state index contributed by atoms with van der Waals surface area (Å²) in [5.41, 5.74) is 1.31. The lowest BCUT2D eigenvalue weighted by Gasteiger charge is -2.17. The SMILES string of the molecule is CCCc1ccc(OCC(NC2CC2)C(=O)OCC)cc1. The predicted molar refractivity (Wildman–Crippen MR) is 82.5 cm³/mol. The molecule has 0 bridgehead atoms. The highest BCUT2D eigenvalue weighted by molar-refractivity contribution is 5.76. The number of hydrogen-bond acceptors (Lipinski definition) is 4. The Hall–Kier alpha value is -1.55. The normalized spacial score (nSPS) is 15.5. The summed E-state index contributed by atoms with van der Waals surface area (Å²) in [7, 11) is 0. The number of carbonyl (C=O) groups excluding carboxylic acids is 1. The van der Waals surface area contributed by atoms with Crippen LogP contribution in [0.5, 0.6) is 5.75 Å². The minimum atomic E-state index is -0.382. The Labute approximate surface area is 126 Å². The highest BCUT2D eigenvalue weighted by atomic mass is 16.5. The first-order valence-electron chi connectivity index (χ1n) is 7.87. The first kappa shape index (κ1) is 15.8. The zero-order valence-corrected chi connectivity index (χ0v) is 12.9. The molecule has 0 spiro atoms. The standard InChI is InChI=1S/C17H25NO3/c1-3-5-13-6-10-15(11-7-13)21-12-16(17(19)20-4-2)18-14-8-9-14/h6-7,10-11,14,16,18H,3-5,8-9,12H2,1-2H3. The predicted octanol–water partition coefficient (Wildman–Crippen LogP) is 2.70. The zero-order chi connectivity index (χ0) is 15.1. The van der Waals surface area contributed by atoms with Crippen molar-refractivity contribution in [1.82, 2.24) is 5.32 Å². The van der Waals surface area contributed by atoms with Crippen LogP contribution in [0.3, 0.4) is 0 Å². The van der Waals surface area contributed by atoms with Crippen molar-refractivity contribution in [2.75, 3.05) is 13.2 Å².